The van der Waals surface area contributed by atoms with E-state index in [1.807, 2.05) is 19.1 Å². The highest BCUT2D eigenvalue weighted by atomic mass is 79.9. The lowest BCUT2D eigenvalue weighted by Gasteiger charge is -2.30. The van der Waals surface area contributed by atoms with E-state index in [-0.39, 0.29) is 29.8 Å². The highest BCUT2D eigenvalue weighted by Gasteiger charge is 2.42. The van der Waals surface area contributed by atoms with Crippen LogP contribution in [0.3, 0.4) is 0 Å². The van der Waals surface area contributed by atoms with E-state index in [1.165, 1.54) is 12.8 Å². The van der Waals surface area contributed by atoms with E-state index in [0.29, 0.717) is 12.5 Å². The molecule has 1 aromatic rings. The maximum atomic E-state index is 12.3. The molecule has 108 valence electrons. The summed E-state index contributed by atoms with van der Waals surface area (Å²) >= 11 is 5.03. The van der Waals surface area contributed by atoms with Crippen LogP contribution < -0.4 is 11.1 Å². The van der Waals surface area contributed by atoms with Gasteiger partial charge in [0.15, 0.2) is 0 Å². The minimum absolute atomic E-state index is 0. The van der Waals surface area contributed by atoms with Crippen molar-refractivity contribution in [3.63, 3.8) is 0 Å². The van der Waals surface area contributed by atoms with E-state index in [9.17, 15) is 4.79 Å². The van der Waals surface area contributed by atoms with E-state index in [4.69, 9.17) is 5.73 Å². The summed E-state index contributed by atoms with van der Waals surface area (Å²) in [5.74, 6) is 0.504. The van der Waals surface area contributed by atoms with Gasteiger partial charge in [0.05, 0.1) is 15.2 Å². The molecule has 0 radical (unpaired) electrons. The average molecular weight is 368 g/mol. The molecule has 19 heavy (non-hydrogen) atoms. The number of nitrogens with two attached hydrogens (primary N) is 1. The van der Waals surface area contributed by atoms with Gasteiger partial charge >= 0.3 is 0 Å². The first-order valence-corrected chi connectivity index (χ1v) is 7.84. The van der Waals surface area contributed by atoms with E-state index in [1.54, 1.807) is 11.3 Å². The molecule has 2 rings (SSSR count). The molecule has 1 aliphatic carbocycles. The zero-order valence-corrected chi connectivity index (χ0v) is 14.3. The quantitative estimate of drug-likeness (QED) is 0.839. The third-order valence-corrected chi connectivity index (χ3v) is 5.53. The number of amides is 1. The van der Waals surface area contributed by atoms with Gasteiger partial charge in [-0.1, -0.05) is 0 Å². The van der Waals surface area contributed by atoms with Crippen LogP contribution in [-0.4, -0.2) is 18.0 Å². The number of rotatable bonds is 5. The fourth-order valence-electron chi connectivity index (χ4n) is 2.12. The number of hydrogen-bond acceptors (Lipinski definition) is 3. The van der Waals surface area contributed by atoms with Gasteiger partial charge in [0, 0.05) is 11.4 Å². The molecule has 3 N–H and O–H groups in total. The first-order chi connectivity index (χ1) is 8.46. The molecule has 1 heterocycles. The Kier molecular flexibility index (Phi) is 5.86. The maximum absolute atomic E-state index is 12.3. The summed E-state index contributed by atoms with van der Waals surface area (Å²) in [5.41, 5.74) is 5.58. The molecule has 2 unspecified atom stereocenters. The fourth-order valence-corrected chi connectivity index (χ4v) is 3.59. The van der Waals surface area contributed by atoms with Crippen LogP contribution in [0.1, 0.15) is 37.5 Å². The molecule has 1 aromatic heterocycles. The second kappa shape index (κ2) is 6.57. The minimum Gasteiger partial charge on any atom is -0.349 e. The van der Waals surface area contributed by atoms with Crippen LogP contribution in [0.2, 0.25) is 0 Å². The molecule has 0 bridgehead atoms. The van der Waals surface area contributed by atoms with Crippen molar-refractivity contribution in [1.82, 2.24) is 5.32 Å². The van der Waals surface area contributed by atoms with Crippen LogP contribution >= 0.6 is 39.7 Å². The largest absolute Gasteiger partial charge is 0.349 e. The van der Waals surface area contributed by atoms with Crippen LogP contribution in [0.5, 0.6) is 0 Å². The summed E-state index contributed by atoms with van der Waals surface area (Å²) in [5, 5.41) is 3.14. The Labute approximate surface area is 132 Å². The summed E-state index contributed by atoms with van der Waals surface area (Å²) in [6, 6.07) is 3.97. The molecule has 6 heteroatoms. The SMILES string of the molecule is CC(C(=O)NC(C)(CN)C1CC1)c1ccc(Br)s1.Cl. The highest BCUT2D eigenvalue weighted by Crippen LogP contribution is 2.39. The predicted octanol–water partition coefficient (Wildman–Crippen LogP) is 3.28. The molecule has 0 aliphatic heterocycles. The van der Waals surface area contributed by atoms with Crippen LogP contribution in [0.4, 0.5) is 0 Å². The smallest absolute Gasteiger partial charge is 0.228 e. The fraction of sp³-hybridized carbons (Fsp3) is 0.615. The van der Waals surface area contributed by atoms with Gasteiger partial charge in [-0.15, -0.1) is 23.7 Å². The third kappa shape index (κ3) is 3.94. The Hall–Kier alpha value is -0.100. The number of carbonyl (C=O) groups is 1. The topological polar surface area (TPSA) is 55.1 Å². The van der Waals surface area contributed by atoms with E-state index in [0.717, 1.165) is 8.66 Å². The monoisotopic (exact) mass is 366 g/mol. The Morgan fingerprint density at radius 3 is 2.68 bits per heavy atom. The Balaban J connectivity index is 0.00000180. The van der Waals surface area contributed by atoms with Crippen molar-refractivity contribution in [2.75, 3.05) is 6.54 Å². The lowest BCUT2D eigenvalue weighted by atomic mass is 9.94. The van der Waals surface area contributed by atoms with Crippen LogP contribution in [0, 0.1) is 5.92 Å². The molecule has 2 atom stereocenters. The summed E-state index contributed by atoms with van der Waals surface area (Å²) in [7, 11) is 0. The van der Waals surface area contributed by atoms with E-state index < -0.39 is 0 Å². The molecule has 3 nitrogen and oxygen atoms in total. The highest BCUT2D eigenvalue weighted by molar-refractivity contribution is 9.11. The summed E-state index contributed by atoms with van der Waals surface area (Å²) in [6.07, 6.45) is 2.35. The van der Waals surface area contributed by atoms with Gasteiger partial charge in [0.25, 0.3) is 0 Å². The Morgan fingerprint density at radius 1 is 1.63 bits per heavy atom. The van der Waals surface area contributed by atoms with Crippen molar-refractivity contribution in [3.05, 3.63) is 20.8 Å². The van der Waals surface area contributed by atoms with Crippen LogP contribution in [0.15, 0.2) is 15.9 Å². The minimum atomic E-state index is -0.236. The lowest BCUT2D eigenvalue weighted by molar-refractivity contribution is -0.124. The van der Waals surface area contributed by atoms with E-state index >= 15 is 0 Å². The molecule has 1 saturated carbocycles. The van der Waals surface area contributed by atoms with Crippen molar-refractivity contribution in [1.29, 1.82) is 0 Å². The van der Waals surface area contributed by atoms with Crippen molar-refractivity contribution in [2.24, 2.45) is 11.7 Å². The number of thiophene rings is 1. The van der Waals surface area contributed by atoms with Crippen molar-refractivity contribution in [2.45, 2.75) is 38.1 Å². The first kappa shape index (κ1) is 17.0. The summed E-state index contributed by atoms with van der Waals surface area (Å²) < 4.78 is 1.06. The van der Waals surface area contributed by atoms with Crippen molar-refractivity contribution >= 4 is 45.6 Å². The predicted molar refractivity (Wildman–Crippen MR) is 86.0 cm³/mol. The molecule has 1 amide bonds. The number of carbonyl (C=O) groups excluding carboxylic acids is 1. The van der Waals surface area contributed by atoms with Crippen molar-refractivity contribution in [3.8, 4) is 0 Å². The first-order valence-electron chi connectivity index (χ1n) is 6.23. The standard InChI is InChI=1S/C13H19BrN2OS.ClH/c1-8(10-5-6-11(14)18-10)12(17)16-13(2,7-15)9-3-4-9;/h5-6,8-9H,3-4,7,15H2,1-2H3,(H,16,17);1H. The molecule has 1 aliphatic rings. The van der Waals surface area contributed by atoms with Gasteiger partial charge in [0.2, 0.25) is 5.91 Å². The molecular weight excluding hydrogens is 348 g/mol. The zero-order chi connectivity index (χ0) is 13.3. The number of halogens is 2. The molecule has 0 spiro atoms. The summed E-state index contributed by atoms with van der Waals surface area (Å²) in [6.45, 7) is 4.50. The van der Waals surface area contributed by atoms with Gasteiger partial charge in [-0.05, 0) is 60.7 Å². The second-order valence-corrected chi connectivity index (χ2v) is 7.74. The van der Waals surface area contributed by atoms with Crippen molar-refractivity contribution < 1.29 is 4.79 Å². The van der Waals surface area contributed by atoms with Gasteiger partial charge in [-0.3, -0.25) is 4.79 Å². The van der Waals surface area contributed by atoms with Gasteiger partial charge in [-0.2, -0.15) is 0 Å². The van der Waals surface area contributed by atoms with Crippen LogP contribution in [-0.2, 0) is 4.79 Å². The van der Waals surface area contributed by atoms with E-state index in [2.05, 4.69) is 28.2 Å². The lowest BCUT2D eigenvalue weighted by Crippen LogP contribution is -2.54. The molecular formula is C13H20BrClN2OS. The Bertz CT molecular complexity index is 450. The Morgan fingerprint density at radius 2 is 2.26 bits per heavy atom. The zero-order valence-electron chi connectivity index (χ0n) is 11.1. The maximum Gasteiger partial charge on any atom is 0.228 e. The van der Waals surface area contributed by atoms with Crippen LogP contribution in [0.25, 0.3) is 0 Å². The van der Waals surface area contributed by atoms with Gasteiger partial charge in [0.1, 0.15) is 0 Å². The normalized spacial score (nSPS) is 19.2. The second-order valence-electron chi connectivity index (χ2n) is 5.25. The third-order valence-electron chi connectivity index (χ3n) is 3.73. The number of hydrogen-bond donors (Lipinski definition) is 2. The molecule has 0 aromatic carbocycles. The van der Waals surface area contributed by atoms with Gasteiger partial charge < -0.3 is 11.1 Å². The molecule has 1 fully saturated rings. The number of nitrogens with one attached hydrogen (secondary N) is 1. The average Bonchev–Trinajstić information content (AvgIpc) is 3.11. The summed E-state index contributed by atoms with van der Waals surface area (Å²) in [4.78, 5) is 13.4. The van der Waals surface area contributed by atoms with Gasteiger partial charge in [-0.25, -0.2) is 0 Å². The molecule has 0 saturated heterocycles.